The molecule has 1 amide bonds. The number of likely N-dealkylation sites (tertiary alicyclic amines) is 1. The van der Waals surface area contributed by atoms with Gasteiger partial charge in [0.15, 0.2) is 0 Å². The van der Waals surface area contributed by atoms with E-state index >= 15 is 0 Å². The van der Waals surface area contributed by atoms with E-state index in [1.807, 2.05) is 0 Å². The topological polar surface area (TPSA) is 53.6 Å². The molecule has 2 N–H and O–H groups in total. The summed E-state index contributed by atoms with van der Waals surface area (Å²) >= 11 is 0. The molecule has 0 spiro atoms. The lowest BCUT2D eigenvalue weighted by atomic mass is 10.1. The molecule has 0 bridgehead atoms. The van der Waals surface area contributed by atoms with Gasteiger partial charge in [0.2, 0.25) is 5.91 Å². The van der Waals surface area contributed by atoms with Crippen molar-refractivity contribution in [3.63, 3.8) is 0 Å². The Morgan fingerprint density at radius 3 is 2.65 bits per heavy atom. The maximum atomic E-state index is 11.9. The molecule has 2 aliphatic heterocycles. The van der Waals surface area contributed by atoms with Crippen molar-refractivity contribution in [2.45, 2.75) is 51.1 Å². The molecule has 20 heavy (non-hydrogen) atoms. The molecule has 2 fully saturated rings. The molecular formula is C15H29N3O2. The van der Waals surface area contributed by atoms with Crippen LogP contribution >= 0.6 is 0 Å². The second-order valence-corrected chi connectivity index (χ2v) is 6.10. The van der Waals surface area contributed by atoms with Crippen molar-refractivity contribution in [2.75, 3.05) is 39.4 Å². The molecule has 2 saturated heterocycles. The van der Waals surface area contributed by atoms with Crippen LogP contribution in [0.3, 0.4) is 0 Å². The fraction of sp³-hybridized carbons (Fsp3) is 0.933. The summed E-state index contributed by atoms with van der Waals surface area (Å²) in [6, 6.07) is 0.670. The van der Waals surface area contributed by atoms with Gasteiger partial charge in [0.05, 0.1) is 6.54 Å². The van der Waals surface area contributed by atoms with E-state index in [0.717, 1.165) is 32.6 Å². The molecule has 5 nitrogen and oxygen atoms in total. The van der Waals surface area contributed by atoms with Gasteiger partial charge in [-0.3, -0.25) is 4.79 Å². The Bertz CT molecular complexity index is 287. The van der Waals surface area contributed by atoms with Gasteiger partial charge in [-0.05, 0) is 45.7 Å². The highest BCUT2D eigenvalue weighted by molar-refractivity contribution is 5.78. The summed E-state index contributed by atoms with van der Waals surface area (Å²) in [7, 11) is 0. The lowest BCUT2D eigenvalue weighted by molar-refractivity contribution is -0.121. The average molecular weight is 283 g/mol. The van der Waals surface area contributed by atoms with E-state index in [-0.39, 0.29) is 5.91 Å². The van der Waals surface area contributed by atoms with Gasteiger partial charge in [0, 0.05) is 31.8 Å². The quantitative estimate of drug-likeness (QED) is 0.755. The monoisotopic (exact) mass is 283 g/mol. The molecule has 0 radical (unpaired) electrons. The number of hydrogen-bond acceptors (Lipinski definition) is 4. The molecule has 5 heteroatoms. The first-order valence-electron chi connectivity index (χ1n) is 8.07. The fourth-order valence-electron chi connectivity index (χ4n) is 2.98. The highest BCUT2D eigenvalue weighted by Gasteiger charge is 2.17. The first-order valence-corrected chi connectivity index (χ1v) is 8.07. The Morgan fingerprint density at radius 2 is 1.95 bits per heavy atom. The summed E-state index contributed by atoms with van der Waals surface area (Å²) in [6.07, 6.45) is 5.88. The van der Waals surface area contributed by atoms with Gasteiger partial charge < -0.3 is 20.3 Å². The van der Waals surface area contributed by atoms with Crippen molar-refractivity contribution < 1.29 is 9.53 Å². The van der Waals surface area contributed by atoms with E-state index in [1.165, 1.54) is 32.4 Å². The summed E-state index contributed by atoms with van der Waals surface area (Å²) in [6.45, 7) is 7.58. The van der Waals surface area contributed by atoms with E-state index in [9.17, 15) is 4.79 Å². The zero-order valence-corrected chi connectivity index (χ0v) is 12.7. The normalized spacial score (nSPS) is 23.4. The minimum atomic E-state index is 0.113. The number of carbonyl (C=O) groups excluding carboxylic acids is 1. The maximum Gasteiger partial charge on any atom is 0.234 e. The summed E-state index contributed by atoms with van der Waals surface area (Å²) in [4.78, 5) is 14.4. The molecular weight excluding hydrogens is 254 g/mol. The third kappa shape index (κ3) is 5.77. The van der Waals surface area contributed by atoms with Crippen molar-refractivity contribution in [1.29, 1.82) is 0 Å². The van der Waals surface area contributed by atoms with Gasteiger partial charge in [-0.15, -0.1) is 0 Å². The highest BCUT2D eigenvalue weighted by Crippen LogP contribution is 2.08. The van der Waals surface area contributed by atoms with Crippen LogP contribution in [-0.4, -0.2) is 62.3 Å². The first-order chi connectivity index (χ1) is 9.74. The molecule has 116 valence electrons. The molecule has 0 aliphatic carbocycles. The van der Waals surface area contributed by atoms with Crippen LogP contribution in [0.4, 0.5) is 0 Å². The standard InChI is InChI=1S/C15H29N3O2/c1-13(12-18-7-3-2-4-8-18)16-11-15(19)17-14-5-9-20-10-6-14/h13-14,16H,2-12H2,1H3,(H,17,19). The second-order valence-electron chi connectivity index (χ2n) is 6.10. The molecule has 0 aromatic heterocycles. The molecule has 0 aromatic rings. The molecule has 1 atom stereocenters. The van der Waals surface area contributed by atoms with Crippen molar-refractivity contribution in [3.8, 4) is 0 Å². The van der Waals surface area contributed by atoms with Gasteiger partial charge in [0.25, 0.3) is 0 Å². The Kier molecular flexibility index (Phi) is 6.76. The molecule has 0 aromatic carbocycles. The largest absolute Gasteiger partial charge is 0.381 e. The molecule has 0 saturated carbocycles. The van der Waals surface area contributed by atoms with Gasteiger partial charge in [0.1, 0.15) is 0 Å². The predicted octanol–water partition coefficient (Wildman–Crippen LogP) is 0.746. The number of nitrogens with zero attached hydrogens (tertiary/aromatic N) is 1. The zero-order valence-electron chi connectivity index (χ0n) is 12.7. The summed E-state index contributed by atoms with van der Waals surface area (Å²) < 4.78 is 5.29. The van der Waals surface area contributed by atoms with Gasteiger partial charge in [-0.1, -0.05) is 6.42 Å². The van der Waals surface area contributed by atoms with Crippen LogP contribution < -0.4 is 10.6 Å². The van der Waals surface area contributed by atoms with Gasteiger partial charge in [-0.2, -0.15) is 0 Å². The highest BCUT2D eigenvalue weighted by atomic mass is 16.5. The molecule has 2 aliphatic rings. The van der Waals surface area contributed by atoms with Crippen molar-refractivity contribution in [3.05, 3.63) is 0 Å². The van der Waals surface area contributed by atoms with Crippen molar-refractivity contribution in [1.82, 2.24) is 15.5 Å². The number of carbonyl (C=O) groups is 1. The van der Waals surface area contributed by atoms with Crippen molar-refractivity contribution >= 4 is 5.91 Å². The van der Waals surface area contributed by atoms with Crippen LogP contribution in [0, 0.1) is 0 Å². The average Bonchev–Trinajstić information content (AvgIpc) is 2.47. The van der Waals surface area contributed by atoms with Crippen LogP contribution in [-0.2, 0) is 9.53 Å². The summed E-state index contributed by atoms with van der Waals surface area (Å²) in [5, 5.41) is 6.42. The number of amides is 1. The minimum absolute atomic E-state index is 0.113. The number of rotatable bonds is 6. The molecule has 2 rings (SSSR count). The van der Waals surface area contributed by atoms with E-state index in [0.29, 0.717) is 18.6 Å². The SMILES string of the molecule is CC(CN1CCCCC1)NCC(=O)NC1CCOCC1. The first kappa shape index (κ1) is 15.7. The van der Waals surface area contributed by atoms with E-state index in [1.54, 1.807) is 0 Å². The lowest BCUT2D eigenvalue weighted by Crippen LogP contribution is -2.47. The Morgan fingerprint density at radius 1 is 1.25 bits per heavy atom. The Balaban J connectivity index is 1.57. The number of nitrogens with one attached hydrogen (secondary N) is 2. The third-order valence-corrected chi connectivity index (χ3v) is 4.18. The van der Waals surface area contributed by atoms with E-state index in [2.05, 4.69) is 22.5 Å². The maximum absolute atomic E-state index is 11.9. The van der Waals surface area contributed by atoms with Gasteiger partial charge >= 0.3 is 0 Å². The summed E-state index contributed by atoms with van der Waals surface area (Å²) in [5.41, 5.74) is 0. The summed E-state index contributed by atoms with van der Waals surface area (Å²) in [5.74, 6) is 0.113. The van der Waals surface area contributed by atoms with Crippen LogP contribution in [0.25, 0.3) is 0 Å². The Labute approximate surface area is 122 Å². The fourth-order valence-corrected chi connectivity index (χ4v) is 2.98. The number of piperidine rings is 1. The van der Waals surface area contributed by atoms with Crippen LogP contribution in [0.15, 0.2) is 0 Å². The van der Waals surface area contributed by atoms with E-state index in [4.69, 9.17) is 4.74 Å². The van der Waals surface area contributed by atoms with Gasteiger partial charge in [-0.25, -0.2) is 0 Å². The minimum Gasteiger partial charge on any atom is -0.381 e. The lowest BCUT2D eigenvalue weighted by Gasteiger charge is -2.29. The smallest absolute Gasteiger partial charge is 0.234 e. The van der Waals surface area contributed by atoms with E-state index < -0.39 is 0 Å². The van der Waals surface area contributed by atoms with Crippen LogP contribution in [0.1, 0.15) is 39.0 Å². The molecule has 1 unspecified atom stereocenters. The zero-order chi connectivity index (χ0) is 14.2. The number of hydrogen-bond donors (Lipinski definition) is 2. The van der Waals surface area contributed by atoms with Crippen molar-refractivity contribution in [2.24, 2.45) is 0 Å². The molecule has 2 heterocycles. The predicted molar refractivity (Wildman–Crippen MR) is 79.7 cm³/mol. The third-order valence-electron chi connectivity index (χ3n) is 4.18. The van der Waals surface area contributed by atoms with Crippen LogP contribution in [0.2, 0.25) is 0 Å². The number of ether oxygens (including phenoxy) is 1. The Hall–Kier alpha value is -0.650. The van der Waals surface area contributed by atoms with Crippen LogP contribution in [0.5, 0.6) is 0 Å². The second kappa shape index (κ2) is 8.60.